The Morgan fingerprint density at radius 3 is 2.56 bits per heavy atom. The zero-order valence-electron chi connectivity index (χ0n) is 13.5. The van der Waals surface area contributed by atoms with Gasteiger partial charge >= 0.3 is 0 Å². The first kappa shape index (κ1) is 16.4. The monoisotopic (exact) mass is 336 g/mol. The molecule has 2 aromatic carbocycles. The largest absolute Gasteiger partial charge is 0.380 e. The minimum absolute atomic E-state index is 0.0311. The molecular formula is C18H16N4O3. The smallest absolute Gasteiger partial charge is 0.278 e. The van der Waals surface area contributed by atoms with Crippen LogP contribution in [0.5, 0.6) is 0 Å². The van der Waals surface area contributed by atoms with Crippen LogP contribution in [0.4, 0.5) is 11.4 Å². The third-order valence-corrected chi connectivity index (χ3v) is 3.92. The molecule has 25 heavy (non-hydrogen) atoms. The van der Waals surface area contributed by atoms with E-state index in [0.717, 1.165) is 16.6 Å². The summed E-state index contributed by atoms with van der Waals surface area (Å²) >= 11 is 0. The van der Waals surface area contributed by atoms with Crippen molar-refractivity contribution in [2.24, 2.45) is 0 Å². The second-order valence-electron chi connectivity index (χ2n) is 5.44. The van der Waals surface area contributed by atoms with Gasteiger partial charge in [0.25, 0.3) is 11.6 Å². The van der Waals surface area contributed by atoms with Crippen LogP contribution in [0.1, 0.15) is 15.9 Å². The Bertz CT molecular complexity index is 939. The van der Waals surface area contributed by atoms with Crippen LogP contribution in [0.25, 0.3) is 10.8 Å². The highest BCUT2D eigenvalue weighted by molar-refractivity contribution is 5.99. The van der Waals surface area contributed by atoms with E-state index in [1.54, 1.807) is 37.5 Å². The number of hydrogen-bond acceptors (Lipinski definition) is 5. The molecule has 0 radical (unpaired) electrons. The number of pyridine rings is 1. The average Bonchev–Trinajstić information content (AvgIpc) is 2.65. The van der Waals surface area contributed by atoms with Crippen molar-refractivity contribution in [2.75, 3.05) is 12.4 Å². The van der Waals surface area contributed by atoms with Gasteiger partial charge in [-0.3, -0.25) is 19.9 Å². The molecule has 7 heteroatoms. The summed E-state index contributed by atoms with van der Waals surface area (Å²) in [6.07, 6.45) is 3.10. The highest BCUT2D eigenvalue weighted by atomic mass is 16.6. The van der Waals surface area contributed by atoms with Crippen LogP contribution >= 0.6 is 0 Å². The molecule has 0 saturated heterocycles. The Morgan fingerprint density at radius 1 is 1.12 bits per heavy atom. The van der Waals surface area contributed by atoms with Gasteiger partial charge in [0.15, 0.2) is 0 Å². The molecule has 3 rings (SSSR count). The molecule has 1 aromatic heterocycles. The first-order valence-corrected chi connectivity index (χ1v) is 7.66. The van der Waals surface area contributed by atoms with E-state index in [9.17, 15) is 14.9 Å². The Morgan fingerprint density at radius 2 is 1.88 bits per heavy atom. The molecule has 0 saturated carbocycles. The molecule has 0 bridgehead atoms. The minimum atomic E-state index is -0.411. The molecule has 0 aliphatic rings. The van der Waals surface area contributed by atoms with Crippen molar-refractivity contribution in [3.8, 4) is 0 Å². The first-order valence-electron chi connectivity index (χ1n) is 7.66. The van der Waals surface area contributed by atoms with Crippen LogP contribution in [0.2, 0.25) is 0 Å². The number of carbonyl (C=O) groups excluding carboxylic acids is 1. The number of carbonyl (C=O) groups is 1. The Labute approximate surface area is 143 Å². The molecule has 3 aromatic rings. The summed E-state index contributed by atoms with van der Waals surface area (Å²) in [7, 11) is 1.59. The van der Waals surface area contributed by atoms with Gasteiger partial charge in [-0.05, 0) is 29.8 Å². The maximum Gasteiger partial charge on any atom is 0.278 e. The molecule has 0 atom stereocenters. The number of nitro groups is 1. The summed E-state index contributed by atoms with van der Waals surface area (Å²) in [6, 6.07) is 12.2. The van der Waals surface area contributed by atoms with E-state index in [-0.39, 0.29) is 11.6 Å². The number of nitrogens with one attached hydrogen (secondary N) is 2. The van der Waals surface area contributed by atoms with E-state index in [1.165, 1.54) is 12.3 Å². The van der Waals surface area contributed by atoms with E-state index in [1.807, 2.05) is 12.1 Å². The zero-order chi connectivity index (χ0) is 17.8. The van der Waals surface area contributed by atoms with Crippen molar-refractivity contribution in [3.05, 3.63) is 76.1 Å². The predicted octanol–water partition coefficient (Wildman–Crippen LogP) is 3.11. The fourth-order valence-electron chi connectivity index (χ4n) is 2.60. The van der Waals surface area contributed by atoms with Crippen LogP contribution in [0, 0.1) is 10.1 Å². The third-order valence-electron chi connectivity index (χ3n) is 3.92. The quantitative estimate of drug-likeness (QED) is 0.551. The van der Waals surface area contributed by atoms with Crippen molar-refractivity contribution in [3.63, 3.8) is 0 Å². The molecule has 0 aliphatic heterocycles. The molecular weight excluding hydrogens is 320 g/mol. The Balaban J connectivity index is 1.83. The van der Waals surface area contributed by atoms with Gasteiger partial charge in [0, 0.05) is 48.7 Å². The van der Waals surface area contributed by atoms with Gasteiger partial charge in [0.1, 0.15) is 0 Å². The van der Waals surface area contributed by atoms with Crippen LogP contribution in [0.3, 0.4) is 0 Å². The lowest BCUT2D eigenvalue weighted by molar-refractivity contribution is -0.383. The maximum absolute atomic E-state index is 11.5. The number of aromatic nitrogens is 1. The molecule has 0 unspecified atom stereocenters. The van der Waals surface area contributed by atoms with Crippen molar-refractivity contribution >= 4 is 28.1 Å². The lowest BCUT2D eigenvalue weighted by Gasteiger charge is -2.10. The highest BCUT2D eigenvalue weighted by Crippen LogP contribution is 2.30. The van der Waals surface area contributed by atoms with E-state index in [2.05, 4.69) is 15.6 Å². The fourth-order valence-corrected chi connectivity index (χ4v) is 2.60. The lowest BCUT2D eigenvalue weighted by atomic mass is 10.1. The number of fused-ring (bicyclic) bond motifs is 1. The number of nitro benzene ring substituents is 1. The van der Waals surface area contributed by atoms with Crippen molar-refractivity contribution in [2.45, 2.75) is 6.54 Å². The van der Waals surface area contributed by atoms with Gasteiger partial charge in [-0.2, -0.15) is 0 Å². The summed E-state index contributed by atoms with van der Waals surface area (Å²) in [5.41, 5.74) is 2.41. The molecule has 7 nitrogen and oxygen atoms in total. The number of rotatable bonds is 5. The van der Waals surface area contributed by atoms with Gasteiger partial charge in [-0.15, -0.1) is 0 Å². The van der Waals surface area contributed by atoms with E-state index < -0.39 is 4.92 Å². The summed E-state index contributed by atoms with van der Waals surface area (Å²) in [4.78, 5) is 26.3. The van der Waals surface area contributed by atoms with Crippen LogP contribution < -0.4 is 10.6 Å². The summed E-state index contributed by atoms with van der Waals surface area (Å²) in [6.45, 7) is 0.531. The molecule has 1 amide bonds. The third kappa shape index (κ3) is 3.40. The van der Waals surface area contributed by atoms with Crippen LogP contribution in [-0.4, -0.2) is 22.9 Å². The van der Waals surface area contributed by atoms with Gasteiger partial charge < -0.3 is 10.6 Å². The Kier molecular flexibility index (Phi) is 4.56. The maximum atomic E-state index is 11.5. The molecule has 2 N–H and O–H groups in total. The molecule has 0 aliphatic carbocycles. The minimum Gasteiger partial charge on any atom is -0.380 e. The molecule has 1 heterocycles. The van der Waals surface area contributed by atoms with Gasteiger partial charge in [-0.1, -0.05) is 12.1 Å². The number of nitrogens with zero attached hydrogens (tertiary/aromatic N) is 2. The van der Waals surface area contributed by atoms with Gasteiger partial charge in [-0.25, -0.2) is 0 Å². The average molecular weight is 336 g/mol. The first-order chi connectivity index (χ1) is 12.1. The SMILES string of the molecule is CNC(=O)c1ccc(CNc2ccc([N+](=O)[O-])c3cnccc23)cc1. The van der Waals surface area contributed by atoms with Crippen molar-refractivity contribution in [1.82, 2.24) is 10.3 Å². The van der Waals surface area contributed by atoms with Crippen molar-refractivity contribution < 1.29 is 9.72 Å². The topological polar surface area (TPSA) is 97.2 Å². The second kappa shape index (κ2) is 6.96. The fraction of sp³-hybridized carbons (Fsp3) is 0.111. The van der Waals surface area contributed by atoms with E-state index in [4.69, 9.17) is 0 Å². The number of benzene rings is 2. The highest BCUT2D eigenvalue weighted by Gasteiger charge is 2.14. The van der Waals surface area contributed by atoms with E-state index in [0.29, 0.717) is 17.5 Å². The molecule has 0 spiro atoms. The number of anilines is 1. The zero-order valence-corrected chi connectivity index (χ0v) is 13.5. The Hall–Kier alpha value is -3.48. The molecule has 0 fully saturated rings. The lowest BCUT2D eigenvalue weighted by Crippen LogP contribution is -2.17. The number of non-ortho nitro benzene ring substituents is 1. The summed E-state index contributed by atoms with van der Waals surface area (Å²) < 4.78 is 0. The van der Waals surface area contributed by atoms with Crippen LogP contribution in [-0.2, 0) is 6.54 Å². The number of hydrogen-bond donors (Lipinski definition) is 2. The number of amides is 1. The van der Waals surface area contributed by atoms with Gasteiger partial charge in [0.2, 0.25) is 0 Å². The summed E-state index contributed by atoms with van der Waals surface area (Å²) in [5, 5.41) is 18.2. The van der Waals surface area contributed by atoms with E-state index >= 15 is 0 Å². The normalized spacial score (nSPS) is 10.4. The standard InChI is InChI=1S/C18H16N4O3/c1-19-18(23)13-4-2-12(3-5-13)10-21-16-6-7-17(22(24)25)15-11-20-9-8-14(15)16/h2-9,11,21H,10H2,1H3,(H,19,23). The second-order valence-corrected chi connectivity index (χ2v) is 5.44. The summed E-state index contributed by atoms with van der Waals surface area (Å²) in [5.74, 6) is -0.131. The predicted molar refractivity (Wildman–Crippen MR) is 95.6 cm³/mol. The molecule has 126 valence electrons. The van der Waals surface area contributed by atoms with Gasteiger partial charge in [0.05, 0.1) is 10.3 Å². The van der Waals surface area contributed by atoms with Crippen molar-refractivity contribution in [1.29, 1.82) is 0 Å². The van der Waals surface area contributed by atoms with Crippen LogP contribution in [0.15, 0.2) is 54.9 Å².